The van der Waals surface area contributed by atoms with Gasteiger partial charge in [0.25, 0.3) is 0 Å². The summed E-state index contributed by atoms with van der Waals surface area (Å²) in [6, 6.07) is -0.199. The molecule has 1 saturated heterocycles. The van der Waals surface area contributed by atoms with Crippen LogP contribution < -0.4 is 5.32 Å². The van der Waals surface area contributed by atoms with Gasteiger partial charge in [0, 0.05) is 20.2 Å². The van der Waals surface area contributed by atoms with E-state index in [1.807, 2.05) is 0 Å². The van der Waals surface area contributed by atoms with Crippen molar-refractivity contribution in [2.24, 2.45) is 0 Å². The van der Waals surface area contributed by atoms with Gasteiger partial charge in [0.1, 0.15) is 0 Å². The lowest BCUT2D eigenvalue weighted by Gasteiger charge is -2.21. The molecule has 2 N–H and O–H groups in total. The molecular weight excluding hydrogens is 224 g/mol. The molecule has 0 radical (unpaired) electrons. The largest absolute Gasteiger partial charge is 0.479 e. The summed E-state index contributed by atoms with van der Waals surface area (Å²) in [6.07, 6.45) is 3.35. The smallest absolute Gasteiger partial charge is 0.334 e. The van der Waals surface area contributed by atoms with Crippen LogP contribution in [-0.2, 0) is 9.53 Å². The number of nitrogens with one attached hydrogen (secondary N) is 1. The summed E-state index contributed by atoms with van der Waals surface area (Å²) in [4.78, 5) is 24.2. The van der Waals surface area contributed by atoms with Crippen molar-refractivity contribution in [1.29, 1.82) is 0 Å². The van der Waals surface area contributed by atoms with E-state index in [1.165, 1.54) is 7.11 Å². The Balaban J connectivity index is 2.34. The van der Waals surface area contributed by atoms with E-state index in [0.29, 0.717) is 0 Å². The summed E-state index contributed by atoms with van der Waals surface area (Å²) in [6.45, 7) is 1.49. The second-order valence-electron chi connectivity index (χ2n) is 4.15. The maximum absolute atomic E-state index is 11.8. The number of ether oxygens (including phenoxy) is 1. The van der Waals surface area contributed by atoms with Crippen molar-refractivity contribution >= 4 is 12.0 Å². The molecule has 1 rings (SSSR count). The molecule has 98 valence electrons. The number of amides is 2. The van der Waals surface area contributed by atoms with Gasteiger partial charge in [-0.05, 0) is 12.8 Å². The number of carboxylic acids is 1. The highest BCUT2D eigenvalue weighted by Crippen LogP contribution is 2.09. The van der Waals surface area contributed by atoms with E-state index in [1.54, 1.807) is 4.90 Å². The molecule has 1 aliphatic heterocycles. The van der Waals surface area contributed by atoms with Crippen molar-refractivity contribution in [3.63, 3.8) is 0 Å². The molecule has 1 aliphatic rings. The van der Waals surface area contributed by atoms with Crippen LogP contribution in [0, 0.1) is 0 Å². The van der Waals surface area contributed by atoms with Gasteiger partial charge in [0.2, 0.25) is 0 Å². The second kappa shape index (κ2) is 7.11. The number of carbonyl (C=O) groups excluding carboxylic acids is 1. The summed E-state index contributed by atoms with van der Waals surface area (Å²) in [5.41, 5.74) is 0. The molecular formula is C11H20N2O4. The van der Waals surface area contributed by atoms with Crippen molar-refractivity contribution in [3.8, 4) is 0 Å². The van der Waals surface area contributed by atoms with Crippen LogP contribution in [0.3, 0.4) is 0 Å². The van der Waals surface area contributed by atoms with E-state index >= 15 is 0 Å². The van der Waals surface area contributed by atoms with E-state index in [0.717, 1.165) is 38.8 Å². The number of methoxy groups -OCH3 is 1. The van der Waals surface area contributed by atoms with Crippen LogP contribution in [0.15, 0.2) is 0 Å². The molecule has 6 heteroatoms. The van der Waals surface area contributed by atoms with Crippen molar-refractivity contribution < 1.29 is 19.4 Å². The van der Waals surface area contributed by atoms with Crippen molar-refractivity contribution in [2.75, 3.05) is 26.7 Å². The standard InChI is InChI=1S/C11H20N2O4/c1-17-9(10(14)15)8-12-11(16)13-6-4-2-3-5-7-13/h9H,2-8H2,1H3,(H,12,16)(H,14,15). The lowest BCUT2D eigenvalue weighted by atomic mass is 10.2. The van der Waals surface area contributed by atoms with Gasteiger partial charge >= 0.3 is 12.0 Å². The quantitative estimate of drug-likeness (QED) is 0.762. The van der Waals surface area contributed by atoms with Gasteiger partial charge in [-0.2, -0.15) is 0 Å². The average Bonchev–Trinajstić information content (AvgIpc) is 2.57. The molecule has 0 aliphatic carbocycles. The predicted molar refractivity (Wildman–Crippen MR) is 61.9 cm³/mol. The lowest BCUT2D eigenvalue weighted by Crippen LogP contribution is -2.45. The monoisotopic (exact) mass is 244 g/mol. The van der Waals surface area contributed by atoms with Crippen LogP contribution in [0.2, 0.25) is 0 Å². The Hall–Kier alpha value is -1.30. The number of likely N-dealkylation sites (tertiary alicyclic amines) is 1. The highest BCUT2D eigenvalue weighted by Gasteiger charge is 2.20. The van der Waals surface area contributed by atoms with Crippen LogP contribution in [0.25, 0.3) is 0 Å². The van der Waals surface area contributed by atoms with E-state index in [-0.39, 0.29) is 12.6 Å². The molecule has 0 aromatic heterocycles. The van der Waals surface area contributed by atoms with Gasteiger partial charge in [-0.25, -0.2) is 9.59 Å². The number of rotatable bonds is 4. The number of nitrogens with zero attached hydrogens (tertiary/aromatic N) is 1. The van der Waals surface area contributed by atoms with Gasteiger partial charge in [-0.3, -0.25) is 0 Å². The summed E-state index contributed by atoms with van der Waals surface area (Å²) in [5, 5.41) is 11.3. The lowest BCUT2D eigenvalue weighted by molar-refractivity contribution is -0.148. The third-order valence-corrected chi connectivity index (χ3v) is 2.89. The fraction of sp³-hybridized carbons (Fsp3) is 0.818. The molecule has 17 heavy (non-hydrogen) atoms. The average molecular weight is 244 g/mol. The Labute approximate surface area is 101 Å². The Kier molecular flexibility index (Phi) is 5.76. The zero-order valence-electron chi connectivity index (χ0n) is 10.1. The zero-order chi connectivity index (χ0) is 12.7. The summed E-state index contributed by atoms with van der Waals surface area (Å²) >= 11 is 0. The minimum Gasteiger partial charge on any atom is -0.479 e. The first kappa shape index (κ1) is 13.8. The molecule has 1 unspecified atom stereocenters. The molecule has 1 atom stereocenters. The first-order chi connectivity index (χ1) is 8.15. The fourth-order valence-corrected chi connectivity index (χ4v) is 1.84. The maximum atomic E-state index is 11.8. The van der Waals surface area contributed by atoms with E-state index < -0.39 is 12.1 Å². The first-order valence-electron chi connectivity index (χ1n) is 5.93. The van der Waals surface area contributed by atoms with Crippen LogP contribution in [0.4, 0.5) is 4.79 Å². The van der Waals surface area contributed by atoms with Crippen molar-refractivity contribution in [2.45, 2.75) is 31.8 Å². The number of carboxylic acid groups (broad SMARTS) is 1. The molecule has 0 aromatic carbocycles. The number of hydrogen-bond acceptors (Lipinski definition) is 3. The van der Waals surface area contributed by atoms with Gasteiger partial charge in [0.05, 0.1) is 6.54 Å². The summed E-state index contributed by atoms with van der Waals surface area (Å²) in [5.74, 6) is -1.07. The Bertz CT molecular complexity index is 262. The van der Waals surface area contributed by atoms with Crippen LogP contribution in [0.1, 0.15) is 25.7 Å². The Morgan fingerprint density at radius 2 is 1.88 bits per heavy atom. The highest BCUT2D eigenvalue weighted by atomic mass is 16.5. The van der Waals surface area contributed by atoms with Crippen molar-refractivity contribution in [1.82, 2.24) is 10.2 Å². The third kappa shape index (κ3) is 4.60. The number of aliphatic carboxylic acids is 1. The molecule has 0 bridgehead atoms. The molecule has 1 heterocycles. The number of hydrogen-bond donors (Lipinski definition) is 2. The van der Waals surface area contributed by atoms with Crippen LogP contribution in [-0.4, -0.2) is 54.9 Å². The highest BCUT2D eigenvalue weighted by molar-refractivity contribution is 5.77. The van der Waals surface area contributed by atoms with Gasteiger partial charge in [-0.15, -0.1) is 0 Å². The molecule has 6 nitrogen and oxygen atoms in total. The number of urea groups is 1. The maximum Gasteiger partial charge on any atom is 0.334 e. The predicted octanol–water partition coefficient (Wildman–Crippen LogP) is 0.672. The Morgan fingerprint density at radius 3 is 2.35 bits per heavy atom. The van der Waals surface area contributed by atoms with Gasteiger partial charge < -0.3 is 20.1 Å². The molecule has 0 saturated carbocycles. The first-order valence-corrected chi connectivity index (χ1v) is 5.93. The van der Waals surface area contributed by atoms with Crippen molar-refractivity contribution in [3.05, 3.63) is 0 Å². The van der Waals surface area contributed by atoms with E-state index in [2.05, 4.69) is 5.32 Å². The topological polar surface area (TPSA) is 78.9 Å². The fourth-order valence-electron chi connectivity index (χ4n) is 1.84. The normalized spacial score (nSPS) is 18.3. The molecule has 2 amide bonds. The second-order valence-corrected chi connectivity index (χ2v) is 4.15. The summed E-state index contributed by atoms with van der Waals surface area (Å²) < 4.78 is 4.74. The minimum atomic E-state index is -1.07. The van der Waals surface area contributed by atoms with E-state index in [9.17, 15) is 9.59 Å². The van der Waals surface area contributed by atoms with E-state index in [4.69, 9.17) is 9.84 Å². The van der Waals surface area contributed by atoms with Crippen LogP contribution >= 0.6 is 0 Å². The SMILES string of the molecule is COC(CNC(=O)N1CCCCCC1)C(=O)O. The Morgan fingerprint density at radius 1 is 1.29 bits per heavy atom. The third-order valence-electron chi connectivity index (χ3n) is 2.89. The summed E-state index contributed by atoms with van der Waals surface area (Å²) in [7, 11) is 1.32. The molecule has 1 fully saturated rings. The molecule has 0 spiro atoms. The minimum absolute atomic E-state index is 0.00116. The van der Waals surface area contributed by atoms with Gasteiger partial charge in [0.15, 0.2) is 6.10 Å². The number of carbonyl (C=O) groups is 2. The van der Waals surface area contributed by atoms with Crippen LogP contribution in [0.5, 0.6) is 0 Å². The zero-order valence-corrected chi connectivity index (χ0v) is 10.1. The van der Waals surface area contributed by atoms with Gasteiger partial charge in [-0.1, -0.05) is 12.8 Å². The molecule has 0 aromatic rings.